The summed E-state index contributed by atoms with van der Waals surface area (Å²) >= 11 is 0. The quantitative estimate of drug-likeness (QED) is 0.570. The second-order valence-electron chi connectivity index (χ2n) is 8.86. The molecular formula is C22H25F5N2O4. The highest BCUT2D eigenvalue weighted by atomic mass is 19.4. The lowest BCUT2D eigenvalue weighted by Gasteiger charge is -2.40. The summed E-state index contributed by atoms with van der Waals surface area (Å²) in [6.45, 7) is -0.412. The number of halogens is 5. The van der Waals surface area contributed by atoms with E-state index in [1.54, 1.807) is 4.90 Å². The highest BCUT2D eigenvalue weighted by Gasteiger charge is 2.53. The smallest absolute Gasteiger partial charge is 0.416 e. The number of anilines is 1. The van der Waals surface area contributed by atoms with Gasteiger partial charge in [0.25, 0.3) is 11.8 Å². The van der Waals surface area contributed by atoms with Crippen molar-refractivity contribution in [1.29, 1.82) is 0 Å². The normalized spacial score (nSPS) is 24.5. The lowest BCUT2D eigenvalue weighted by Crippen LogP contribution is -2.52. The Morgan fingerprint density at radius 3 is 2.52 bits per heavy atom. The Bertz CT molecular complexity index is 1030. The highest BCUT2D eigenvalue weighted by Crippen LogP contribution is 2.44. The topological polar surface area (TPSA) is 85.9 Å². The van der Waals surface area contributed by atoms with Gasteiger partial charge in [-0.05, 0) is 56.2 Å². The second-order valence-corrected chi connectivity index (χ2v) is 8.86. The molecule has 1 aliphatic heterocycles. The van der Waals surface area contributed by atoms with Gasteiger partial charge < -0.3 is 24.8 Å². The highest BCUT2D eigenvalue weighted by molar-refractivity contribution is 6.07. The molecule has 1 aromatic heterocycles. The minimum atomic E-state index is -4.55. The van der Waals surface area contributed by atoms with Gasteiger partial charge in [0.1, 0.15) is 17.8 Å². The largest absolute Gasteiger partial charge is 0.449 e. The number of carbonyl (C=O) groups is 1. The van der Waals surface area contributed by atoms with Gasteiger partial charge in [0.2, 0.25) is 5.76 Å². The zero-order valence-electron chi connectivity index (χ0n) is 17.7. The van der Waals surface area contributed by atoms with Crippen LogP contribution in [0.4, 0.5) is 27.6 Å². The number of benzene rings is 1. The molecule has 1 fully saturated rings. The average molecular weight is 476 g/mol. The molecule has 11 heteroatoms. The number of furan rings is 1. The minimum absolute atomic E-state index is 0.0130. The van der Waals surface area contributed by atoms with Crippen LogP contribution in [0.1, 0.15) is 48.2 Å². The number of aliphatic hydroxyl groups excluding tert-OH is 1. The van der Waals surface area contributed by atoms with E-state index in [1.165, 1.54) is 6.07 Å². The first-order chi connectivity index (χ1) is 15.4. The Kier molecular flexibility index (Phi) is 6.06. The number of carbonyl (C=O) groups excluding carboxylic acids is 1. The Labute approximate surface area is 186 Å². The number of nitrogens with zero attached hydrogens (tertiary/aromatic N) is 1. The van der Waals surface area contributed by atoms with E-state index in [1.807, 2.05) is 0 Å². The van der Waals surface area contributed by atoms with E-state index in [4.69, 9.17) is 9.52 Å². The molecule has 0 saturated heterocycles. The first kappa shape index (κ1) is 23.7. The van der Waals surface area contributed by atoms with Crippen LogP contribution in [-0.2, 0) is 6.18 Å². The maximum absolute atomic E-state index is 13.9. The lowest BCUT2D eigenvalue weighted by atomic mass is 9.74. The van der Waals surface area contributed by atoms with Crippen molar-refractivity contribution < 1.29 is 41.4 Å². The zero-order valence-corrected chi connectivity index (χ0v) is 17.7. The number of rotatable bonds is 5. The minimum Gasteiger partial charge on any atom is -0.449 e. The van der Waals surface area contributed by atoms with Gasteiger partial charge in [-0.1, -0.05) is 0 Å². The number of nitrogens with one attached hydrogen (secondary N) is 1. The molecule has 1 aliphatic carbocycles. The van der Waals surface area contributed by atoms with E-state index >= 15 is 0 Å². The number of aliphatic hydroxyl groups is 2. The van der Waals surface area contributed by atoms with Crippen LogP contribution in [0.3, 0.4) is 0 Å². The summed E-state index contributed by atoms with van der Waals surface area (Å²) in [5.41, 5.74) is -2.62. The molecule has 0 radical (unpaired) electrons. The zero-order chi connectivity index (χ0) is 24.0. The summed E-state index contributed by atoms with van der Waals surface area (Å²) in [5.74, 6) is -4.12. The van der Waals surface area contributed by atoms with E-state index in [0.29, 0.717) is 38.0 Å². The molecule has 2 heterocycles. The monoisotopic (exact) mass is 476 g/mol. The molecule has 1 aromatic carbocycles. The first-order valence-corrected chi connectivity index (χ1v) is 10.8. The van der Waals surface area contributed by atoms with Crippen LogP contribution in [0, 0.1) is 5.92 Å². The predicted octanol–water partition coefficient (Wildman–Crippen LogP) is 3.94. The molecule has 1 amide bonds. The Morgan fingerprint density at radius 2 is 1.88 bits per heavy atom. The summed E-state index contributed by atoms with van der Waals surface area (Å²) in [6, 6.07) is 3.07. The number of amides is 1. The molecule has 0 bridgehead atoms. The molecule has 33 heavy (non-hydrogen) atoms. The fraction of sp³-hybridized carbons (Fsp3) is 0.591. The van der Waals surface area contributed by atoms with Crippen LogP contribution in [0.2, 0.25) is 0 Å². The van der Waals surface area contributed by atoms with Gasteiger partial charge in [0.15, 0.2) is 0 Å². The third kappa shape index (κ3) is 4.40. The van der Waals surface area contributed by atoms with E-state index < -0.39 is 35.8 Å². The van der Waals surface area contributed by atoms with Crippen LogP contribution in [-0.4, -0.2) is 53.9 Å². The van der Waals surface area contributed by atoms with E-state index in [2.05, 4.69) is 5.32 Å². The van der Waals surface area contributed by atoms with Crippen LogP contribution in [0.25, 0.3) is 11.0 Å². The summed E-state index contributed by atoms with van der Waals surface area (Å²) in [6.07, 6.45) is -3.66. The summed E-state index contributed by atoms with van der Waals surface area (Å²) in [7, 11) is 0. The summed E-state index contributed by atoms with van der Waals surface area (Å²) in [5, 5.41) is 22.0. The number of hydrogen-bond acceptors (Lipinski definition) is 5. The third-order valence-electron chi connectivity index (χ3n) is 6.80. The number of alkyl halides is 5. The first-order valence-electron chi connectivity index (χ1n) is 10.8. The summed E-state index contributed by atoms with van der Waals surface area (Å²) in [4.78, 5) is 14.2. The van der Waals surface area contributed by atoms with Crippen LogP contribution in [0.15, 0.2) is 22.6 Å². The van der Waals surface area contributed by atoms with Crippen molar-refractivity contribution in [2.45, 2.75) is 49.8 Å². The van der Waals surface area contributed by atoms with Crippen molar-refractivity contribution in [3.63, 3.8) is 0 Å². The van der Waals surface area contributed by atoms with Crippen molar-refractivity contribution in [1.82, 2.24) is 5.32 Å². The van der Waals surface area contributed by atoms with Gasteiger partial charge in [-0.25, -0.2) is 8.78 Å². The third-order valence-corrected chi connectivity index (χ3v) is 6.80. The molecule has 0 unspecified atom stereocenters. The van der Waals surface area contributed by atoms with Crippen molar-refractivity contribution in [3.8, 4) is 0 Å². The molecular weight excluding hydrogens is 451 g/mol. The Balaban J connectivity index is 1.54. The van der Waals surface area contributed by atoms with Gasteiger partial charge in [0.05, 0.1) is 11.3 Å². The molecule has 3 N–H and O–H groups in total. The van der Waals surface area contributed by atoms with Gasteiger partial charge >= 0.3 is 6.18 Å². The molecule has 182 valence electrons. The van der Waals surface area contributed by atoms with E-state index in [9.17, 15) is 31.9 Å². The average Bonchev–Trinajstić information content (AvgIpc) is 3.07. The lowest BCUT2D eigenvalue weighted by molar-refractivity contribution is -0.215. The molecule has 2 aliphatic rings. The SMILES string of the molecule is O=C1NCCN(CCC2CCC(O)(C(F)(F)CO)CC2)c2c1oc1ccc(C(F)(F)F)cc21. The molecule has 0 spiro atoms. The predicted molar refractivity (Wildman–Crippen MR) is 109 cm³/mol. The standard InChI is InChI=1S/C22H25F5N2O4/c23-21(24,12-30)20(32)6-3-13(4-7-20)5-9-29-10-8-28-19(31)18-17(29)15-11-14(22(25,26)27)1-2-16(15)33-18/h1-2,11,13,30,32H,3-10,12H2,(H,28,31). The van der Waals surface area contributed by atoms with Crippen LogP contribution >= 0.6 is 0 Å². The molecule has 2 aromatic rings. The Hall–Kier alpha value is -2.40. The molecule has 4 rings (SSSR count). The number of fused-ring (bicyclic) bond motifs is 3. The van der Waals surface area contributed by atoms with E-state index in [0.717, 1.165) is 12.1 Å². The molecule has 6 nitrogen and oxygen atoms in total. The van der Waals surface area contributed by atoms with Crippen molar-refractivity contribution >= 4 is 22.6 Å². The number of hydrogen-bond donors (Lipinski definition) is 3. The van der Waals surface area contributed by atoms with Gasteiger partial charge in [0, 0.05) is 25.0 Å². The van der Waals surface area contributed by atoms with Gasteiger partial charge in [-0.15, -0.1) is 0 Å². The summed E-state index contributed by atoms with van der Waals surface area (Å²) < 4.78 is 73.1. The van der Waals surface area contributed by atoms with Gasteiger partial charge in [-0.2, -0.15) is 13.2 Å². The Morgan fingerprint density at radius 1 is 1.18 bits per heavy atom. The molecule has 0 atom stereocenters. The van der Waals surface area contributed by atoms with Gasteiger partial charge in [-0.3, -0.25) is 4.79 Å². The van der Waals surface area contributed by atoms with Crippen molar-refractivity contribution in [2.75, 3.05) is 31.1 Å². The second kappa shape index (κ2) is 8.43. The van der Waals surface area contributed by atoms with Crippen molar-refractivity contribution in [3.05, 3.63) is 29.5 Å². The van der Waals surface area contributed by atoms with Crippen LogP contribution < -0.4 is 10.2 Å². The van der Waals surface area contributed by atoms with Crippen LogP contribution in [0.5, 0.6) is 0 Å². The van der Waals surface area contributed by atoms with Crippen molar-refractivity contribution in [2.24, 2.45) is 5.92 Å². The van der Waals surface area contributed by atoms with E-state index in [-0.39, 0.29) is 42.0 Å². The molecule has 1 saturated carbocycles. The maximum atomic E-state index is 13.9. The maximum Gasteiger partial charge on any atom is 0.416 e. The fourth-order valence-corrected chi connectivity index (χ4v) is 4.74. The fourth-order valence-electron chi connectivity index (χ4n) is 4.74.